The standard InChI is InChI=1S/C9H6BrF.C9H7FO.CBr4/c10-7-1-2-8-3-5-9(11)6-4-8;10-9-5-3-8(4-6-9)2-1-7-11;2-1(3,4)5/h3-6H,7H2;3-6,11H,7H2;. The highest BCUT2D eigenvalue weighted by Gasteiger charge is 2.08. The predicted octanol–water partition coefficient (Wildman–Crippen LogP) is 6.92. The molecule has 0 aromatic heterocycles. The van der Waals surface area contributed by atoms with Crippen LogP contribution in [0.3, 0.4) is 0 Å². The minimum Gasteiger partial charge on any atom is -0.384 e. The molecule has 1 N–H and O–H groups in total. The van der Waals surface area contributed by atoms with Crippen molar-refractivity contribution in [2.45, 2.75) is 1.05 Å². The summed E-state index contributed by atoms with van der Waals surface area (Å²) in [5.74, 6) is 10.3. The third-order valence-electron chi connectivity index (χ3n) is 2.30. The maximum Gasteiger partial charge on any atom is 0.189 e. The zero-order chi connectivity index (χ0) is 20.7. The van der Waals surface area contributed by atoms with Crippen molar-refractivity contribution < 1.29 is 13.9 Å². The van der Waals surface area contributed by atoms with Crippen molar-refractivity contribution in [2.75, 3.05) is 11.9 Å². The van der Waals surface area contributed by atoms with Crippen molar-refractivity contribution in [3.05, 3.63) is 71.3 Å². The minimum absolute atomic E-state index is 0.169. The van der Waals surface area contributed by atoms with Gasteiger partial charge in [-0.2, -0.15) is 0 Å². The average molecular weight is 695 g/mol. The third-order valence-corrected chi connectivity index (χ3v) is 2.58. The molecule has 27 heavy (non-hydrogen) atoms. The topological polar surface area (TPSA) is 20.2 Å². The lowest BCUT2D eigenvalue weighted by atomic mass is 10.2. The molecule has 0 fully saturated rings. The van der Waals surface area contributed by atoms with E-state index in [9.17, 15) is 8.78 Å². The summed E-state index contributed by atoms with van der Waals surface area (Å²) in [5.41, 5.74) is 1.55. The molecule has 0 amide bonds. The zero-order valence-electron chi connectivity index (χ0n) is 13.6. The van der Waals surface area contributed by atoms with Gasteiger partial charge in [-0.25, -0.2) is 8.78 Å². The summed E-state index contributed by atoms with van der Waals surface area (Å²) < 4.78 is 24.4. The third kappa shape index (κ3) is 18.9. The molecule has 0 saturated carbocycles. The lowest BCUT2D eigenvalue weighted by molar-refractivity contribution is 0.350. The lowest BCUT2D eigenvalue weighted by Crippen LogP contribution is -1.77. The molecule has 0 spiro atoms. The fourth-order valence-electron chi connectivity index (χ4n) is 1.34. The van der Waals surface area contributed by atoms with Crippen LogP contribution in [0.25, 0.3) is 0 Å². The number of aliphatic hydroxyl groups is 1. The van der Waals surface area contributed by atoms with Crippen molar-refractivity contribution in [3.8, 4) is 23.7 Å². The first kappa shape index (κ1) is 26.8. The van der Waals surface area contributed by atoms with E-state index < -0.39 is 0 Å². The van der Waals surface area contributed by atoms with Crippen LogP contribution in [0.15, 0.2) is 48.5 Å². The van der Waals surface area contributed by atoms with Gasteiger partial charge in [-0.15, -0.1) is 0 Å². The minimum atomic E-state index is -0.278. The highest BCUT2D eigenvalue weighted by Crippen LogP contribution is 2.39. The van der Waals surface area contributed by atoms with E-state index in [0.717, 1.165) is 5.56 Å². The van der Waals surface area contributed by atoms with Gasteiger partial charge in [0.15, 0.2) is 1.05 Å². The van der Waals surface area contributed by atoms with E-state index in [4.69, 9.17) is 5.11 Å². The van der Waals surface area contributed by atoms with Gasteiger partial charge < -0.3 is 5.11 Å². The second kappa shape index (κ2) is 15.7. The van der Waals surface area contributed by atoms with Gasteiger partial charge in [0.2, 0.25) is 0 Å². The number of hydrogen-bond acceptors (Lipinski definition) is 1. The zero-order valence-corrected chi connectivity index (χ0v) is 21.6. The first-order chi connectivity index (χ1) is 12.7. The molecule has 1 nitrogen and oxygen atoms in total. The number of alkyl halides is 5. The molecule has 2 rings (SSSR count). The maximum absolute atomic E-state index is 12.4. The van der Waals surface area contributed by atoms with Crippen LogP contribution in [0, 0.1) is 35.3 Å². The van der Waals surface area contributed by atoms with E-state index in [-0.39, 0.29) is 19.3 Å². The van der Waals surface area contributed by atoms with Gasteiger partial charge in [0.05, 0.1) is 5.33 Å². The van der Waals surface area contributed by atoms with Crippen LogP contribution in [0.5, 0.6) is 0 Å². The van der Waals surface area contributed by atoms with Gasteiger partial charge in [-0.3, -0.25) is 0 Å². The maximum atomic E-state index is 12.4. The second-order valence-corrected chi connectivity index (χ2v) is 16.0. The molecule has 0 bridgehead atoms. The quantitative estimate of drug-likeness (QED) is 0.235. The van der Waals surface area contributed by atoms with Crippen LogP contribution in [0.1, 0.15) is 11.1 Å². The number of rotatable bonds is 0. The summed E-state index contributed by atoms with van der Waals surface area (Å²) in [6.45, 7) is -0.169. The number of halogens is 7. The van der Waals surface area contributed by atoms with Crippen molar-refractivity contribution in [2.24, 2.45) is 0 Å². The van der Waals surface area contributed by atoms with E-state index in [2.05, 4.69) is 103 Å². The normalized spacial score (nSPS) is 9.19. The summed E-state index contributed by atoms with van der Waals surface area (Å²) in [5, 5.41) is 8.98. The molecule has 0 radical (unpaired) electrons. The fourth-order valence-corrected chi connectivity index (χ4v) is 1.48. The van der Waals surface area contributed by atoms with Gasteiger partial charge in [0, 0.05) is 11.1 Å². The Morgan fingerprint density at radius 2 is 1.07 bits per heavy atom. The molecule has 144 valence electrons. The number of aliphatic hydroxyl groups excluding tert-OH is 1. The lowest BCUT2D eigenvalue weighted by Gasteiger charge is -1.93. The Morgan fingerprint density at radius 1 is 0.741 bits per heavy atom. The molecule has 0 aliphatic carbocycles. The Hall–Kier alpha value is -0.220. The molecular formula is C19H13Br5F2O. The number of hydrogen-bond donors (Lipinski definition) is 1. The molecular weight excluding hydrogens is 682 g/mol. The van der Waals surface area contributed by atoms with Crippen LogP contribution < -0.4 is 0 Å². The van der Waals surface area contributed by atoms with Crippen LogP contribution >= 0.6 is 79.6 Å². The molecule has 0 atom stereocenters. The van der Waals surface area contributed by atoms with Gasteiger partial charge in [-0.05, 0) is 112 Å². The Balaban J connectivity index is 0.000000405. The Bertz CT molecular complexity index is 710. The highest BCUT2D eigenvalue weighted by atomic mass is 80.0. The van der Waals surface area contributed by atoms with Gasteiger partial charge >= 0.3 is 0 Å². The van der Waals surface area contributed by atoms with Crippen molar-refractivity contribution in [1.82, 2.24) is 0 Å². The summed E-state index contributed by atoms with van der Waals surface area (Å²) >= 11 is 15.7. The summed E-state index contributed by atoms with van der Waals surface area (Å²) in [4.78, 5) is 0. The van der Waals surface area contributed by atoms with Crippen LogP contribution in [-0.2, 0) is 0 Å². The van der Waals surface area contributed by atoms with Crippen molar-refractivity contribution in [3.63, 3.8) is 0 Å². The Morgan fingerprint density at radius 3 is 1.37 bits per heavy atom. The van der Waals surface area contributed by atoms with Crippen LogP contribution in [0.2, 0.25) is 0 Å². The molecule has 0 aliphatic rings. The molecule has 0 aliphatic heterocycles. The first-order valence-corrected chi connectivity index (χ1v) is 11.4. The van der Waals surface area contributed by atoms with E-state index in [1.165, 1.54) is 24.3 Å². The molecule has 0 heterocycles. The monoisotopic (exact) mass is 690 g/mol. The summed E-state index contributed by atoms with van der Waals surface area (Å²) in [6, 6.07) is 11.9. The van der Waals surface area contributed by atoms with Gasteiger partial charge in [-0.1, -0.05) is 39.6 Å². The molecule has 0 unspecified atom stereocenters. The van der Waals surface area contributed by atoms with Crippen molar-refractivity contribution >= 4 is 79.6 Å². The second-order valence-electron chi connectivity index (χ2n) is 4.34. The van der Waals surface area contributed by atoms with Crippen LogP contribution in [-0.4, -0.2) is 18.1 Å². The summed E-state index contributed by atoms with van der Waals surface area (Å²) in [7, 11) is 0. The van der Waals surface area contributed by atoms with E-state index in [1.807, 2.05) is 0 Å². The molecule has 8 heteroatoms. The SMILES string of the molecule is BrC(Br)(Br)Br.Fc1ccc(C#CCBr)cc1.OCC#Cc1ccc(F)cc1. The molecule has 2 aromatic rings. The van der Waals surface area contributed by atoms with E-state index >= 15 is 0 Å². The number of benzene rings is 2. The van der Waals surface area contributed by atoms with E-state index in [0.29, 0.717) is 10.9 Å². The van der Waals surface area contributed by atoms with Crippen LogP contribution in [0.4, 0.5) is 8.78 Å². The van der Waals surface area contributed by atoms with Gasteiger partial charge in [0.1, 0.15) is 18.2 Å². The fraction of sp³-hybridized carbons (Fsp3) is 0.158. The molecule has 2 aromatic carbocycles. The van der Waals surface area contributed by atoms with E-state index in [1.54, 1.807) is 24.3 Å². The van der Waals surface area contributed by atoms with Gasteiger partial charge in [0.25, 0.3) is 0 Å². The first-order valence-electron chi connectivity index (χ1n) is 7.07. The largest absolute Gasteiger partial charge is 0.384 e. The average Bonchev–Trinajstić information content (AvgIpc) is 2.60. The van der Waals surface area contributed by atoms with Crippen molar-refractivity contribution in [1.29, 1.82) is 0 Å². The predicted molar refractivity (Wildman–Crippen MR) is 126 cm³/mol. The Labute approximate surface area is 200 Å². The highest BCUT2D eigenvalue weighted by molar-refractivity contribution is 9.52. The molecule has 0 saturated heterocycles. The Kier molecular flexibility index (Phi) is 15.5. The smallest absolute Gasteiger partial charge is 0.189 e. The summed E-state index contributed by atoms with van der Waals surface area (Å²) in [6.07, 6.45) is 0.